The average Bonchev–Trinajstić information content (AvgIpc) is 3.04. The zero-order valence-electron chi connectivity index (χ0n) is 12.1. The van der Waals surface area contributed by atoms with E-state index < -0.39 is 39.1 Å². The molecule has 2 N–H and O–H groups in total. The first-order valence-electron chi connectivity index (χ1n) is 6.64. The first kappa shape index (κ1) is 18.4. The molecule has 10 heteroatoms. The van der Waals surface area contributed by atoms with Crippen molar-refractivity contribution in [2.24, 2.45) is 0 Å². The number of carbonyl (C=O) groups excluding carboxylic acids is 1. The predicted molar refractivity (Wildman–Crippen MR) is 82.8 cm³/mol. The summed E-state index contributed by atoms with van der Waals surface area (Å²) >= 11 is 1.43. The number of alkyl halides is 3. The Morgan fingerprint density at radius 1 is 1.17 bits per heavy atom. The molecule has 5 nitrogen and oxygen atoms in total. The lowest BCUT2D eigenvalue weighted by atomic mass is 10.2. The standard InChI is InChI=1S/C14H13F3N2O3S2/c15-14(16,17)10-3-1-5-12(7-10)24(21,22)19-9-13(20)18-8-11-4-2-6-23-11/h1-7,19H,8-9H2,(H,18,20). The van der Waals surface area contributed by atoms with E-state index in [0.717, 1.165) is 23.1 Å². The molecule has 0 bridgehead atoms. The maximum Gasteiger partial charge on any atom is 0.416 e. The highest BCUT2D eigenvalue weighted by molar-refractivity contribution is 7.89. The SMILES string of the molecule is O=C(CNS(=O)(=O)c1cccc(C(F)(F)F)c1)NCc1cccs1. The Hall–Kier alpha value is -1.91. The van der Waals surface area contributed by atoms with Gasteiger partial charge in [-0.15, -0.1) is 11.3 Å². The van der Waals surface area contributed by atoms with Gasteiger partial charge in [-0.05, 0) is 29.6 Å². The highest BCUT2D eigenvalue weighted by Gasteiger charge is 2.31. The van der Waals surface area contributed by atoms with E-state index >= 15 is 0 Å². The summed E-state index contributed by atoms with van der Waals surface area (Å²) in [6.45, 7) is -0.314. The second-order valence-corrected chi connectivity index (χ2v) is 7.51. The van der Waals surface area contributed by atoms with Gasteiger partial charge < -0.3 is 5.32 Å². The minimum atomic E-state index is -4.65. The van der Waals surface area contributed by atoms with Crippen LogP contribution in [0.2, 0.25) is 0 Å². The Kier molecular flexibility index (Phi) is 5.62. The summed E-state index contributed by atoms with van der Waals surface area (Å²) in [6.07, 6.45) is -4.65. The molecule has 2 rings (SSSR count). The Labute approximate surface area is 140 Å². The van der Waals surface area contributed by atoms with Crippen LogP contribution >= 0.6 is 11.3 Å². The molecule has 0 spiro atoms. The van der Waals surface area contributed by atoms with Crippen LogP contribution in [0.1, 0.15) is 10.4 Å². The summed E-state index contributed by atoms with van der Waals surface area (Å²) in [4.78, 5) is 12.0. The van der Waals surface area contributed by atoms with Crippen molar-refractivity contribution in [1.29, 1.82) is 0 Å². The number of hydrogen-bond donors (Lipinski definition) is 2. The Bertz CT molecular complexity index is 803. The van der Waals surface area contributed by atoms with Crippen LogP contribution in [0.4, 0.5) is 13.2 Å². The second kappa shape index (κ2) is 7.32. The maximum atomic E-state index is 12.6. The van der Waals surface area contributed by atoms with Crippen LogP contribution in [-0.4, -0.2) is 20.9 Å². The van der Waals surface area contributed by atoms with E-state index in [4.69, 9.17) is 0 Å². The van der Waals surface area contributed by atoms with E-state index in [9.17, 15) is 26.4 Å². The number of carbonyl (C=O) groups is 1. The van der Waals surface area contributed by atoms with E-state index in [2.05, 4.69) is 5.32 Å². The lowest BCUT2D eigenvalue weighted by Crippen LogP contribution is -2.36. The zero-order valence-corrected chi connectivity index (χ0v) is 13.8. The molecule has 1 aromatic carbocycles. The third kappa shape index (κ3) is 5.05. The van der Waals surface area contributed by atoms with E-state index in [1.54, 1.807) is 6.07 Å². The molecule has 0 saturated heterocycles. The van der Waals surface area contributed by atoms with Crippen molar-refractivity contribution in [3.8, 4) is 0 Å². The third-order valence-electron chi connectivity index (χ3n) is 2.93. The Balaban J connectivity index is 1.97. The summed E-state index contributed by atoms with van der Waals surface area (Å²) in [6, 6.07) is 6.92. The smallest absolute Gasteiger partial charge is 0.350 e. The van der Waals surface area contributed by atoms with Crippen molar-refractivity contribution in [3.05, 3.63) is 52.2 Å². The van der Waals surface area contributed by atoms with Crippen LogP contribution in [0, 0.1) is 0 Å². The van der Waals surface area contributed by atoms with Gasteiger partial charge in [0.25, 0.3) is 0 Å². The molecule has 0 aliphatic heterocycles. The molecule has 0 aliphatic rings. The van der Waals surface area contributed by atoms with Gasteiger partial charge in [-0.2, -0.15) is 13.2 Å². The molecule has 2 aromatic rings. The Morgan fingerprint density at radius 3 is 2.54 bits per heavy atom. The molecule has 24 heavy (non-hydrogen) atoms. The first-order valence-corrected chi connectivity index (χ1v) is 9.01. The number of sulfonamides is 1. The molecule has 0 fully saturated rings. The number of benzene rings is 1. The third-order valence-corrected chi connectivity index (χ3v) is 5.21. The fourth-order valence-corrected chi connectivity index (χ4v) is 3.42. The van der Waals surface area contributed by atoms with Gasteiger partial charge in [0.2, 0.25) is 15.9 Å². The van der Waals surface area contributed by atoms with Gasteiger partial charge >= 0.3 is 6.18 Å². The maximum absolute atomic E-state index is 12.6. The van der Waals surface area contributed by atoms with E-state index in [-0.39, 0.29) is 6.54 Å². The molecule has 0 aliphatic carbocycles. The minimum absolute atomic E-state index is 0.252. The van der Waals surface area contributed by atoms with Crippen LogP contribution in [0.25, 0.3) is 0 Å². The molecule has 0 radical (unpaired) electrons. The summed E-state index contributed by atoms with van der Waals surface area (Å²) in [5, 5.41) is 4.34. The largest absolute Gasteiger partial charge is 0.416 e. The van der Waals surface area contributed by atoms with Gasteiger partial charge in [-0.1, -0.05) is 12.1 Å². The van der Waals surface area contributed by atoms with Crippen molar-refractivity contribution in [2.75, 3.05) is 6.54 Å². The number of rotatable bonds is 6. The molecule has 0 unspecified atom stereocenters. The molecule has 1 heterocycles. The molecule has 0 atom stereocenters. The summed E-state index contributed by atoms with van der Waals surface area (Å²) < 4.78 is 63.8. The normalized spacial score (nSPS) is 12.1. The Morgan fingerprint density at radius 2 is 1.92 bits per heavy atom. The van der Waals surface area contributed by atoms with Crippen LogP contribution in [0.5, 0.6) is 0 Å². The number of nitrogens with one attached hydrogen (secondary N) is 2. The number of amides is 1. The van der Waals surface area contributed by atoms with E-state index in [1.807, 2.05) is 16.2 Å². The highest BCUT2D eigenvalue weighted by atomic mass is 32.2. The first-order chi connectivity index (χ1) is 11.2. The topological polar surface area (TPSA) is 75.3 Å². The van der Waals surface area contributed by atoms with Gasteiger partial charge in [0.05, 0.1) is 23.5 Å². The highest BCUT2D eigenvalue weighted by Crippen LogP contribution is 2.30. The fourth-order valence-electron chi connectivity index (χ4n) is 1.74. The molecular formula is C14H13F3N2O3S2. The van der Waals surface area contributed by atoms with Crippen molar-refractivity contribution < 1.29 is 26.4 Å². The summed E-state index contributed by atoms with van der Waals surface area (Å²) in [7, 11) is -4.22. The fraction of sp³-hybridized carbons (Fsp3) is 0.214. The monoisotopic (exact) mass is 378 g/mol. The van der Waals surface area contributed by atoms with Crippen LogP contribution in [-0.2, 0) is 27.5 Å². The summed E-state index contributed by atoms with van der Waals surface area (Å²) in [5.74, 6) is -0.584. The van der Waals surface area contributed by atoms with Crippen molar-refractivity contribution in [3.63, 3.8) is 0 Å². The molecule has 1 aromatic heterocycles. The lowest BCUT2D eigenvalue weighted by Gasteiger charge is -2.10. The van der Waals surface area contributed by atoms with Crippen molar-refractivity contribution >= 4 is 27.3 Å². The van der Waals surface area contributed by atoms with Gasteiger partial charge in [0.15, 0.2) is 0 Å². The molecule has 1 amide bonds. The molecule has 130 valence electrons. The lowest BCUT2D eigenvalue weighted by molar-refractivity contribution is -0.137. The minimum Gasteiger partial charge on any atom is -0.350 e. The number of hydrogen-bond acceptors (Lipinski definition) is 4. The van der Waals surface area contributed by atoms with Gasteiger partial charge in [0.1, 0.15) is 0 Å². The van der Waals surface area contributed by atoms with Crippen molar-refractivity contribution in [1.82, 2.24) is 10.0 Å². The summed E-state index contributed by atoms with van der Waals surface area (Å²) in [5.41, 5.74) is -1.08. The van der Waals surface area contributed by atoms with Crippen LogP contribution < -0.4 is 10.0 Å². The van der Waals surface area contributed by atoms with Gasteiger partial charge in [0, 0.05) is 4.88 Å². The van der Waals surface area contributed by atoms with Gasteiger partial charge in [-0.3, -0.25) is 4.79 Å². The molecule has 0 saturated carbocycles. The quantitative estimate of drug-likeness (QED) is 0.810. The van der Waals surface area contributed by atoms with Crippen LogP contribution in [0.3, 0.4) is 0 Å². The zero-order chi connectivity index (χ0) is 17.8. The van der Waals surface area contributed by atoms with Crippen molar-refractivity contribution in [2.45, 2.75) is 17.6 Å². The van der Waals surface area contributed by atoms with E-state index in [0.29, 0.717) is 6.07 Å². The average molecular weight is 378 g/mol. The van der Waals surface area contributed by atoms with Crippen LogP contribution in [0.15, 0.2) is 46.7 Å². The number of halogens is 3. The number of thiophene rings is 1. The molecular weight excluding hydrogens is 365 g/mol. The predicted octanol–water partition coefficient (Wildman–Crippen LogP) is 2.36. The van der Waals surface area contributed by atoms with Gasteiger partial charge in [-0.25, -0.2) is 13.1 Å². The van der Waals surface area contributed by atoms with E-state index in [1.165, 1.54) is 11.3 Å². The second-order valence-electron chi connectivity index (χ2n) is 4.71.